The fraction of sp³-hybridized carbons (Fsp3) is 0.357. The van der Waals surface area contributed by atoms with E-state index in [2.05, 4.69) is 10.1 Å². The number of ketones is 1. The zero-order valence-electron chi connectivity index (χ0n) is 10.6. The molecule has 0 spiro atoms. The molecule has 0 atom stereocenters. The van der Waals surface area contributed by atoms with Crippen molar-refractivity contribution in [2.75, 3.05) is 0 Å². The molecule has 2 aromatic rings. The second-order valence-electron chi connectivity index (χ2n) is 4.90. The third-order valence-corrected chi connectivity index (χ3v) is 3.80. The standard InChI is InChI=1S/C14H12ClFN2O2/c15-11-7-9(3-6-12(11)16)13-17-14(20-18-13)8-1-4-10(19)5-2-8/h3,6-8H,1-2,4-5H2. The predicted molar refractivity (Wildman–Crippen MR) is 70.9 cm³/mol. The Balaban J connectivity index is 1.82. The number of hydrogen-bond donors (Lipinski definition) is 0. The minimum atomic E-state index is -0.482. The van der Waals surface area contributed by atoms with E-state index in [-0.39, 0.29) is 16.7 Å². The zero-order valence-corrected chi connectivity index (χ0v) is 11.4. The fourth-order valence-electron chi connectivity index (χ4n) is 2.34. The SMILES string of the molecule is O=C1CCC(c2nc(-c3ccc(F)c(Cl)c3)no2)CC1. The molecule has 0 bridgehead atoms. The number of hydrogen-bond acceptors (Lipinski definition) is 4. The summed E-state index contributed by atoms with van der Waals surface area (Å²) >= 11 is 5.74. The number of halogens is 2. The predicted octanol–water partition coefficient (Wildman–Crippen LogP) is 3.76. The molecular formula is C14H12ClFN2O2. The van der Waals surface area contributed by atoms with Crippen LogP contribution in [0.2, 0.25) is 5.02 Å². The van der Waals surface area contributed by atoms with Crippen molar-refractivity contribution in [1.29, 1.82) is 0 Å². The Bertz CT molecular complexity index is 646. The highest BCUT2D eigenvalue weighted by atomic mass is 35.5. The van der Waals surface area contributed by atoms with E-state index in [0.29, 0.717) is 30.1 Å². The minimum absolute atomic E-state index is 0.0251. The van der Waals surface area contributed by atoms with Crippen LogP contribution in [-0.4, -0.2) is 15.9 Å². The molecular weight excluding hydrogens is 283 g/mol. The molecule has 1 aromatic carbocycles. The lowest BCUT2D eigenvalue weighted by Crippen LogP contribution is -2.12. The fourth-order valence-corrected chi connectivity index (χ4v) is 2.52. The Kier molecular flexibility index (Phi) is 3.53. The van der Waals surface area contributed by atoms with E-state index in [4.69, 9.17) is 16.1 Å². The van der Waals surface area contributed by atoms with E-state index in [9.17, 15) is 9.18 Å². The lowest BCUT2D eigenvalue weighted by molar-refractivity contribution is -0.120. The van der Waals surface area contributed by atoms with Gasteiger partial charge in [-0.2, -0.15) is 4.98 Å². The van der Waals surface area contributed by atoms with Gasteiger partial charge in [-0.3, -0.25) is 4.79 Å². The Labute approximate surface area is 119 Å². The average molecular weight is 295 g/mol. The molecule has 0 saturated heterocycles. The summed E-state index contributed by atoms with van der Waals surface area (Å²) in [5, 5.41) is 3.92. The van der Waals surface area contributed by atoms with Gasteiger partial charge in [0.05, 0.1) is 5.02 Å². The van der Waals surface area contributed by atoms with Crippen LogP contribution in [0.15, 0.2) is 22.7 Å². The second-order valence-corrected chi connectivity index (χ2v) is 5.31. The van der Waals surface area contributed by atoms with Crippen molar-refractivity contribution in [3.05, 3.63) is 34.9 Å². The summed E-state index contributed by atoms with van der Waals surface area (Å²) < 4.78 is 18.4. The Morgan fingerprint density at radius 3 is 2.75 bits per heavy atom. The molecule has 1 fully saturated rings. The topological polar surface area (TPSA) is 56.0 Å². The zero-order chi connectivity index (χ0) is 14.1. The van der Waals surface area contributed by atoms with Gasteiger partial charge in [-0.05, 0) is 31.0 Å². The number of aromatic nitrogens is 2. The first kappa shape index (κ1) is 13.2. The number of nitrogens with zero attached hydrogens (tertiary/aromatic N) is 2. The van der Waals surface area contributed by atoms with Crippen molar-refractivity contribution < 1.29 is 13.7 Å². The lowest BCUT2D eigenvalue weighted by Gasteiger charge is -2.16. The van der Waals surface area contributed by atoms with E-state index in [1.165, 1.54) is 12.1 Å². The first-order valence-corrected chi connectivity index (χ1v) is 6.82. The van der Waals surface area contributed by atoms with Crippen LogP contribution in [0.25, 0.3) is 11.4 Å². The van der Waals surface area contributed by atoms with Gasteiger partial charge in [-0.25, -0.2) is 4.39 Å². The van der Waals surface area contributed by atoms with Crippen LogP contribution in [-0.2, 0) is 4.79 Å². The molecule has 0 N–H and O–H groups in total. The van der Waals surface area contributed by atoms with Gasteiger partial charge in [-0.1, -0.05) is 16.8 Å². The maximum Gasteiger partial charge on any atom is 0.230 e. The summed E-state index contributed by atoms with van der Waals surface area (Å²) in [5.74, 6) is 0.854. The quantitative estimate of drug-likeness (QED) is 0.846. The Morgan fingerprint density at radius 1 is 1.30 bits per heavy atom. The molecule has 6 heteroatoms. The number of Topliss-reactive ketones (excluding diaryl/α,β-unsaturated/α-hetero) is 1. The summed E-state index contributed by atoms with van der Waals surface area (Å²) in [6, 6.07) is 4.29. The third-order valence-electron chi connectivity index (χ3n) is 3.51. The third kappa shape index (κ3) is 2.58. The van der Waals surface area contributed by atoms with E-state index in [1.54, 1.807) is 6.07 Å². The van der Waals surface area contributed by atoms with E-state index in [1.807, 2.05) is 0 Å². The molecule has 4 nitrogen and oxygen atoms in total. The molecule has 0 aliphatic heterocycles. The molecule has 0 radical (unpaired) electrons. The van der Waals surface area contributed by atoms with Crippen LogP contribution in [0.1, 0.15) is 37.5 Å². The first-order valence-electron chi connectivity index (χ1n) is 6.44. The van der Waals surface area contributed by atoms with Gasteiger partial charge >= 0.3 is 0 Å². The number of carbonyl (C=O) groups excluding carboxylic acids is 1. The number of carbonyl (C=O) groups is 1. The highest BCUT2D eigenvalue weighted by Gasteiger charge is 2.25. The molecule has 1 aliphatic rings. The molecule has 0 amide bonds. The molecule has 3 rings (SSSR count). The van der Waals surface area contributed by atoms with Crippen molar-refractivity contribution in [3.63, 3.8) is 0 Å². The lowest BCUT2D eigenvalue weighted by atomic mass is 9.88. The van der Waals surface area contributed by atoms with Crippen molar-refractivity contribution >= 4 is 17.4 Å². The van der Waals surface area contributed by atoms with Gasteiger partial charge in [0.2, 0.25) is 11.7 Å². The van der Waals surface area contributed by atoms with Crippen molar-refractivity contribution in [1.82, 2.24) is 10.1 Å². The van der Waals surface area contributed by atoms with Crippen molar-refractivity contribution in [3.8, 4) is 11.4 Å². The largest absolute Gasteiger partial charge is 0.339 e. The molecule has 1 heterocycles. The first-order chi connectivity index (χ1) is 9.63. The Hall–Kier alpha value is -1.75. The minimum Gasteiger partial charge on any atom is -0.339 e. The second kappa shape index (κ2) is 5.32. The van der Waals surface area contributed by atoms with Crippen LogP contribution < -0.4 is 0 Å². The summed E-state index contributed by atoms with van der Waals surface area (Å²) in [6.45, 7) is 0. The summed E-state index contributed by atoms with van der Waals surface area (Å²) in [6.07, 6.45) is 2.60. The van der Waals surface area contributed by atoms with Gasteiger partial charge in [0.15, 0.2) is 0 Å². The van der Waals surface area contributed by atoms with Crippen LogP contribution in [0.3, 0.4) is 0 Å². The molecule has 0 unspecified atom stereocenters. The van der Waals surface area contributed by atoms with Crippen molar-refractivity contribution in [2.24, 2.45) is 0 Å². The van der Waals surface area contributed by atoms with Gasteiger partial charge in [0.25, 0.3) is 0 Å². The molecule has 104 valence electrons. The smallest absolute Gasteiger partial charge is 0.230 e. The van der Waals surface area contributed by atoms with Gasteiger partial charge in [0.1, 0.15) is 11.6 Å². The molecule has 1 saturated carbocycles. The summed E-state index contributed by atoms with van der Waals surface area (Å²) in [4.78, 5) is 15.5. The van der Waals surface area contributed by atoms with Crippen LogP contribution in [0, 0.1) is 5.82 Å². The van der Waals surface area contributed by atoms with Crippen LogP contribution in [0.4, 0.5) is 4.39 Å². The highest BCUT2D eigenvalue weighted by molar-refractivity contribution is 6.31. The van der Waals surface area contributed by atoms with Gasteiger partial charge in [-0.15, -0.1) is 0 Å². The van der Waals surface area contributed by atoms with E-state index < -0.39 is 5.82 Å². The number of benzene rings is 1. The van der Waals surface area contributed by atoms with E-state index in [0.717, 1.165) is 12.8 Å². The molecule has 1 aliphatic carbocycles. The maximum absolute atomic E-state index is 13.1. The van der Waals surface area contributed by atoms with Gasteiger partial charge < -0.3 is 4.52 Å². The van der Waals surface area contributed by atoms with Crippen LogP contribution in [0.5, 0.6) is 0 Å². The van der Waals surface area contributed by atoms with E-state index >= 15 is 0 Å². The summed E-state index contributed by atoms with van der Waals surface area (Å²) in [5.41, 5.74) is 0.610. The van der Waals surface area contributed by atoms with Crippen molar-refractivity contribution in [2.45, 2.75) is 31.6 Å². The Morgan fingerprint density at radius 2 is 2.05 bits per heavy atom. The average Bonchev–Trinajstić information content (AvgIpc) is 2.92. The normalized spacial score (nSPS) is 16.6. The molecule has 1 aromatic heterocycles. The summed E-state index contributed by atoms with van der Waals surface area (Å²) in [7, 11) is 0. The van der Waals surface area contributed by atoms with Gasteiger partial charge in [0, 0.05) is 24.3 Å². The molecule has 20 heavy (non-hydrogen) atoms. The van der Waals surface area contributed by atoms with Crippen LogP contribution >= 0.6 is 11.6 Å². The maximum atomic E-state index is 13.1. The highest BCUT2D eigenvalue weighted by Crippen LogP contribution is 2.31. The monoisotopic (exact) mass is 294 g/mol. The number of rotatable bonds is 2.